The van der Waals surface area contributed by atoms with Crippen molar-refractivity contribution in [2.45, 2.75) is 120 Å². The molecule has 0 radical (unpaired) electrons. The predicted octanol–water partition coefficient (Wildman–Crippen LogP) is 5.32. The third-order valence-electron chi connectivity index (χ3n) is 13.7. The van der Waals surface area contributed by atoms with E-state index < -0.39 is 28.3 Å². The topological polar surface area (TPSA) is 166 Å². The van der Waals surface area contributed by atoms with Gasteiger partial charge in [0.2, 0.25) is 5.91 Å². The average Bonchev–Trinajstić information content (AvgIpc) is 3.86. The second kappa shape index (κ2) is 15.5. The highest BCUT2D eigenvalue weighted by molar-refractivity contribution is 9.09. The number of ether oxygens (including phenoxy) is 2. The van der Waals surface area contributed by atoms with E-state index in [1.807, 2.05) is 57.2 Å². The fraction of sp³-hybridized carbons (Fsp3) is 0.628. The van der Waals surface area contributed by atoms with Gasteiger partial charge in [-0.3, -0.25) is 19.1 Å². The molecule has 13 nitrogen and oxygen atoms in total. The number of hydrogen-bond acceptors (Lipinski definition) is 11. The molecule has 2 saturated carbocycles. The van der Waals surface area contributed by atoms with E-state index in [0.717, 1.165) is 36.6 Å². The number of nitrogens with zero attached hydrogens (tertiary/aromatic N) is 4. The molecule has 57 heavy (non-hydrogen) atoms. The van der Waals surface area contributed by atoms with Gasteiger partial charge in [0.25, 0.3) is 0 Å². The molecule has 7 rings (SSSR count). The average molecular weight is 851 g/mol. The molecule has 0 bridgehead atoms. The molecule has 3 aliphatic carbocycles. The molecule has 3 aromatic rings. The van der Waals surface area contributed by atoms with Crippen molar-refractivity contribution in [1.29, 1.82) is 0 Å². The Kier molecular flexibility index (Phi) is 11.2. The van der Waals surface area contributed by atoms with E-state index in [0.29, 0.717) is 48.3 Å². The molecule has 1 aromatic carbocycles. The van der Waals surface area contributed by atoms with Gasteiger partial charge < -0.3 is 29.2 Å². The lowest BCUT2D eigenvalue weighted by atomic mass is 9.62. The number of ketones is 1. The van der Waals surface area contributed by atoms with Crippen molar-refractivity contribution >= 4 is 50.6 Å². The quantitative estimate of drug-likeness (QED) is 0.138. The number of benzene rings is 1. The van der Waals surface area contributed by atoms with Crippen LogP contribution in [0.1, 0.15) is 84.4 Å². The van der Waals surface area contributed by atoms with E-state index in [-0.39, 0.29) is 65.2 Å². The Balaban J connectivity index is 0.936. The number of carbonyl (C=O) groups is 3. The zero-order valence-electron chi connectivity index (χ0n) is 34.0. The van der Waals surface area contributed by atoms with Crippen LogP contribution < -0.4 is 15.8 Å². The predicted molar refractivity (Wildman–Crippen MR) is 218 cm³/mol. The van der Waals surface area contributed by atoms with Crippen LogP contribution >= 0.6 is 15.9 Å². The first-order chi connectivity index (χ1) is 26.9. The first kappa shape index (κ1) is 41.4. The number of allylic oxidation sites excluding steroid dienone is 2. The summed E-state index contributed by atoms with van der Waals surface area (Å²) in [6.07, 6.45) is 8.59. The molecule has 1 spiro atoms. The molecular formula is C43H56BrN5O8. The Morgan fingerprint density at radius 3 is 2.74 bits per heavy atom. The number of aldehydes is 1. The summed E-state index contributed by atoms with van der Waals surface area (Å²) in [7, 11) is 3.81. The van der Waals surface area contributed by atoms with Crippen molar-refractivity contribution in [2.75, 3.05) is 25.5 Å². The molecular weight excluding hydrogens is 794 g/mol. The van der Waals surface area contributed by atoms with Gasteiger partial charge in [0.05, 0.1) is 59.4 Å². The number of hydrogen-bond donors (Lipinski definition) is 2. The maximum Gasteiger partial charge on any atom is 0.336 e. The van der Waals surface area contributed by atoms with Crippen molar-refractivity contribution in [3.63, 3.8) is 0 Å². The summed E-state index contributed by atoms with van der Waals surface area (Å²) in [6.45, 7) is 11.4. The Hall–Kier alpha value is -3.72. The number of carbonyl (C=O) groups excluding carboxylic acids is 3. The van der Waals surface area contributed by atoms with Crippen molar-refractivity contribution in [3.8, 4) is 0 Å². The third kappa shape index (κ3) is 7.91. The number of aromatic nitrogens is 3. The van der Waals surface area contributed by atoms with Crippen LogP contribution in [0.25, 0.3) is 11.0 Å². The molecule has 14 heteroatoms. The van der Waals surface area contributed by atoms with Gasteiger partial charge in [-0.05, 0) is 93.4 Å². The zero-order valence-corrected chi connectivity index (χ0v) is 35.6. The highest BCUT2D eigenvalue weighted by Crippen LogP contribution is 2.64. The van der Waals surface area contributed by atoms with E-state index in [2.05, 4.69) is 45.4 Å². The maximum absolute atomic E-state index is 13.1. The number of anilines is 1. The zero-order chi connectivity index (χ0) is 41.1. The van der Waals surface area contributed by atoms with E-state index in [1.165, 1.54) is 6.07 Å². The number of Topliss-reactive ketones (excluding diaryl/α,β-unsaturated/α-hetero) is 1. The highest BCUT2D eigenvalue weighted by Gasteiger charge is 2.64. The molecule has 3 fully saturated rings. The molecule has 0 unspecified atom stereocenters. The Labute approximate surface area is 342 Å². The first-order valence-corrected chi connectivity index (χ1v) is 21.0. The molecule has 1 amide bonds. The largest absolute Gasteiger partial charge is 0.423 e. The maximum atomic E-state index is 13.1. The smallest absolute Gasteiger partial charge is 0.336 e. The highest BCUT2D eigenvalue weighted by atomic mass is 79.9. The van der Waals surface area contributed by atoms with Gasteiger partial charge >= 0.3 is 5.63 Å². The summed E-state index contributed by atoms with van der Waals surface area (Å²) in [4.78, 5) is 52.2. The molecule has 1 aliphatic heterocycles. The fourth-order valence-electron chi connectivity index (χ4n) is 10.5. The second-order valence-electron chi connectivity index (χ2n) is 18.3. The van der Waals surface area contributed by atoms with E-state index >= 15 is 0 Å². The van der Waals surface area contributed by atoms with Crippen LogP contribution in [0.2, 0.25) is 0 Å². The molecule has 1 saturated heterocycles. The number of fused-ring (bicyclic) bond motifs is 4. The first-order valence-electron chi connectivity index (χ1n) is 20.1. The Bertz CT molecular complexity index is 2130. The van der Waals surface area contributed by atoms with Gasteiger partial charge in [-0.2, -0.15) is 0 Å². The minimum atomic E-state index is -1.14. The lowest BCUT2D eigenvalue weighted by molar-refractivity contribution is -0.124. The number of aliphatic hydroxyl groups is 1. The standard InChI is InChI=1S/C43H56BrN5O8/c1-25-16-34(57-43(25)13-12-41(4)20-31-38(32(51)21-42(31,5)54)26(23-50)8-11-35(41)43)39(44)40(2,3)55-24-28-22-49(47-46-28)15-14-45-36(52)17-27-18-37(53)56-33-19-29(48(6)7)9-10-30(27)33/h8-10,18-19,22-23,25,31,34-35,38-39,54H,11-17,20-21,24H2,1-7H3,(H,45,52)/b26-8-/t25-,31-,34+,35+,38+,39+,41+,42+,43-/m0/s1. The van der Waals surface area contributed by atoms with Crippen molar-refractivity contribution in [2.24, 2.45) is 29.1 Å². The van der Waals surface area contributed by atoms with Crippen LogP contribution in [-0.4, -0.2) is 86.5 Å². The van der Waals surface area contributed by atoms with Gasteiger partial charge in [0.15, 0.2) is 0 Å². The van der Waals surface area contributed by atoms with Crippen LogP contribution in [0.15, 0.2) is 51.3 Å². The summed E-state index contributed by atoms with van der Waals surface area (Å²) in [6, 6.07) is 6.94. The summed E-state index contributed by atoms with van der Waals surface area (Å²) in [5.41, 5.74) is 0.276. The molecule has 3 heterocycles. The van der Waals surface area contributed by atoms with Crippen LogP contribution in [0.3, 0.4) is 0 Å². The number of alkyl halides is 1. The van der Waals surface area contributed by atoms with Gasteiger partial charge in [-0.25, -0.2) is 4.79 Å². The second-order valence-corrected chi connectivity index (χ2v) is 19.2. The monoisotopic (exact) mass is 849 g/mol. The SMILES string of the molecule is C[C@H]1C[C@H]([C@@H](Br)C(C)(C)OCc2cn(CCNC(=O)Cc3cc(=O)oc4cc(N(C)C)ccc34)nn2)O[C@@]12CC[C@]1(C)C[C@H]3[C@H](C(=O)C[C@@]3(C)O)/C(C=O)=C\C[C@H]12. The Morgan fingerprint density at radius 1 is 1.23 bits per heavy atom. The molecule has 4 aliphatic rings. The van der Waals surface area contributed by atoms with E-state index in [4.69, 9.17) is 13.9 Å². The molecule has 2 N–H and O–H groups in total. The minimum Gasteiger partial charge on any atom is -0.423 e. The number of nitrogens with one attached hydrogen (secondary N) is 1. The van der Waals surface area contributed by atoms with Crippen LogP contribution in [-0.2, 0) is 43.4 Å². The molecule has 308 valence electrons. The van der Waals surface area contributed by atoms with Crippen molar-refractivity contribution < 1.29 is 33.4 Å². The number of rotatable bonds is 12. The minimum absolute atomic E-state index is 0.0365. The fourth-order valence-corrected chi connectivity index (χ4v) is 10.9. The summed E-state index contributed by atoms with van der Waals surface area (Å²) in [5, 5.41) is 23.6. The lowest BCUT2D eigenvalue weighted by Gasteiger charge is -2.46. The summed E-state index contributed by atoms with van der Waals surface area (Å²) in [5.74, 6) is -0.705. The van der Waals surface area contributed by atoms with E-state index in [1.54, 1.807) is 17.7 Å². The van der Waals surface area contributed by atoms with Crippen molar-refractivity contribution in [1.82, 2.24) is 20.3 Å². The third-order valence-corrected chi connectivity index (χ3v) is 15.4. The normalized spacial score (nSPS) is 32.7. The summed E-state index contributed by atoms with van der Waals surface area (Å²) >= 11 is 3.98. The molecule has 2 aromatic heterocycles. The lowest BCUT2D eigenvalue weighted by Crippen LogP contribution is -2.48. The van der Waals surface area contributed by atoms with Crippen molar-refractivity contribution in [3.05, 3.63) is 63.8 Å². The number of amides is 1. The summed E-state index contributed by atoms with van der Waals surface area (Å²) < 4.78 is 20.7. The Morgan fingerprint density at radius 2 is 2.00 bits per heavy atom. The molecule has 9 atom stereocenters. The van der Waals surface area contributed by atoms with Gasteiger partial charge in [-0.15, -0.1) is 5.10 Å². The van der Waals surface area contributed by atoms with Crippen LogP contribution in [0, 0.1) is 29.1 Å². The van der Waals surface area contributed by atoms with Gasteiger partial charge in [-0.1, -0.05) is 41.1 Å². The number of halogens is 1. The van der Waals surface area contributed by atoms with Crippen LogP contribution in [0.4, 0.5) is 5.69 Å². The van der Waals surface area contributed by atoms with E-state index in [9.17, 15) is 24.3 Å². The van der Waals surface area contributed by atoms with Gasteiger partial charge in [0.1, 0.15) is 23.3 Å². The van der Waals surface area contributed by atoms with Crippen LogP contribution in [0.5, 0.6) is 0 Å². The van der Waals surface area contributed by atoms with Gasteiger partial charge in [0, 0.05) is 56.2 Å².